The Bertz CT molecular complexity index is 1200. The van der Waals surface area contributed by atoms with E-state index in [4.69, 9.17) is 4.74 Å². The Hall–Kier alpha value is -2.75. The standard InChI is InChI=1S/C22H26N4O4S/c1-5-31(29)24-10-13-8-15(16-11-26(4)22(28)18-14(16)6-7-23-18)20-17(9-13)25-21(27)19(30-20)12(2)3/h6-9,11-12,19,23-24H,5,10H2,1-4H3,(H,25,27). The second kappa shape index (κ2) is 8.41. The molecule has 0 radical (unpaired) electrons. The highest BCUT2D eigenvalue weighted by atomic mass is 32.2. The van der Waals surface area contributed by atoms with E-state index < -0.39 is 17.5 Å². The van der Waals surface area contributed by atoms with Crippen LogP contribution in [0.3, 0.4) is 0 Å². The summed E-state index contributed by atoms with van der Waals surface area (Å²) in [5, 5.41) is 3.74. The molecule has 0 saturated carbocycles. The number of hydrogen-bond donors (Lipinski definition) is 3. The lowest BCUT2D eigenvalue weighted by Gasteiger charge is -2.30. The largest absolute Gasteiger partial charge is 0.598 e. The number of pyridine rings is 1. The molecular weight excluding hydrogens is 416 g/mol. The number of rotatable bonds is 6. The zero-order chi connectivity index (χ0) is 22.3. The number of nitrogens with zero attached hydrogens (tertiary/aromatic N) is 1. The zero-order valence-electron chi connectivity index (χ0n) is 17.9. The van der Waals surface area contributed by atoms with Gasteiger partial charge in [-0.25, -0.2) is 0 Å². The molecule has 1 amide bonds. The summed E-state index contributed by atoms with van der Waals surface area (Å²) in [5.74, 6) is 0.864. The Balaban J connectivity index is 1.91. The fourth-order valence-electron chi connectivity index (χ4n) is 3.78. The Morgan fingerprint density at radius 3 is 2.77 bits per heavy atom. The molecule has 2 unspecified atom stereocenters. The Morgan fingerprint density at radius 1 is 1.29 bits per heavy atom. The van der Waals surface area contributed by atoms with Gasteiger partial charge in [-0.3, -0.25) is 9.59 Å². The molecule has 1 aliphatic rings. The van der Waals surface area contributed by atoms with E-state index in [1.165, 1.54) is 4.57 Å². The van der Waals surface area contributed by atoms with Gasteiger partial charge in [0.25, 0.3) is 11.5 Å². The lowest BCUT2D eigenvalue weighted by molar-refractivity contribution is -0.125. The van der Waals surface area contributed by atoms with Gasteiger partial charge in [-0.2, -0.15) is 0 Å². The number of benzene rings is 1. The van der Waals surface area contributed by atoms with E-state index in [0.717, 1.165) is 22.1 Å². The van der Waals surface area contributed by atoms with Crippen molar-refractivity contribution in [2.45, 2.75) is 33.4 Å². The quantitative estimate of drug-likeness (QED) is 0.508. The van der Waals surface area contributed by atoms with Crippen molar-refractivity contribution in [2.75, 3.05) is 11.1 Å². The molecule has 0 fully saturated rings. The topological polar surface area (TPSA) is 111 Å². The average molecular weight is 443 g/mol. The minimum atomic E-state index is -1.14. The van der Waals surface area contributed by atoms with Gasteiger partial charge >= 0.3 is 0 Å². The van der Waals surface area contributed by atoms with E-state index in [0.29, 0.717) is 29.3 Å². The summed E-state index contributed by atoms with van der Waals surface area (Å²) in [5.41, 5.74) is 3.37. The highest BCUT2D eigenvalue weighted by Crippen LogP contribution is 2.43. The van der Waals surface area contributed by atoms with Crippen molar-refractivity contribution < 1.29 is 14.1 Å². The molecule has 164 valence electrons. The highest BCUT2D eigenvalue weighted by molar-refractivity contribution is 7.89. The molecule has 0 saturated heterocycles. The number of hydrogen-bond acceptors (Lipinski definition) is 5. The fraction of sp³-hybridized carbons (Fsp3) is 0.364. The second-order valence-electron chi connectivity index (χ2n) is 7.97. The number of aromatic nitrogens is 2. The number of fused-ring (bicyclic) bond motifs is 2. The zero-order valence-corrected chi connectivity index (χ0v) is 18.8. The summed E-state index contributed by atoms with van der Waals surface area (Å²) in [6.45, 7) is 6.08. The van der Waals surface area contributed by atoms with E-state index in [-0.39, 0.29) is 17.4 Å². The van der Waals surface area contributed by atoms with Gasteiger partial charge in [-0.05, 0) is 36.6 Å². The van der Waals surface area contributed by atoms with Gasteiger partial charge in [0.05, 0.1) is 12.2 Å². The van der Waals surface area contributed by atoms with Crippen LogP contribution >= 0.6 is 0 Å². The lowest BCUT2D eigenvalue weighted by atomic mass is 9.97. The molecule has 0 spiro atoms. The predicted molar refractivity (Wildman–Crippen MR) is 122 cm³/mol. The van der Waals surface area contributed by atoms with Gasteiger partial charge in [0.2, 0.25) is 0 Å². The van der Waals surface area contributed by atoms with E-state index in [9.17, 15) is 14.1 Å². The molecule has 3 aromatic rings. The number of carbonyl (C=O) groups is 1. The molecule has 2 atom stereocenters. The molecule has 3 heterocycles. The minimum absolute atomic E-state index is 0.0123. The van der Waals surface area contributed by atoms with Crippen LogP contribution in [-0.4, -0.2) is 31.9 Å². The number of nitrogens with one attached hydrogen (secondary N) is 3. The molecule has 1 aliphatic heterocycles. The minimum Gasteiger partial charge on any atom is -0.598 e. The molecule has 1 aromatic carbocycles. The third kappa shape index (κ3) is 3.96. The van der Waals surface area contributed by atoms with Crippen molar-refractivity contribution >= 4 is 33.9 Å². The second-order valence-corrected chi connectivity index (χ2v) is 9.53. The maximum atomic E-state index is 12.6. The van der Waals surface area contributed by atoms with Gasteiger partial charge in [0, 0.05) is 47.3 Å². The van der Waals surface area contributed by atoms with Crippen LogP contribution < -0.4 is 20.3 Å². The first kappa shape index (κ1) is 21.5. The first-order chi connectivity index (χ1) is 14.8. The smallest absolute Gasteiger partial charge is 0.274 e. The SMILES string of the molecule is CC[S+]([O-])NCc1cc2c(c(-c3cn(C)c(=O)c4[nH]ccc34)c1)OC(C(C)C)C(=O)N2. The number of carbonyl (C=O) groups excluding carboxylic acids is 1. The number of aromatic amines is 1. The number of amides is 1. The summed E-state index contributed by atoms with van der Waals surface area (Å²) in [6.07, 6.45) is 2.90. The third-order valence-corrected chi connectivity index (χ3v) is 6.39. The van der Waals surface area contributed by atoms with Crippen molar-refractivity contribution in [1.82, 2.24) is 14.3 Å². The maximum absolute atomic E-state index is 12.6. The van der Waals surface area contributed by atoms with Gasteiger partial charge < -0.3 is 24.2 Å². The van der Waals surface area contributed by atoms with E-state index in [1.807, 2.05) is 39.0 Å². The fourth-order valence-corrected chi connectivity index (χ4v) is 4.32. The van der Waals surface area contributed by atoms with Gasteiger partial charge in [-0.1, -0.05) is 13.8 Å². The molecule has 4 rings (SSSR count). The van der Waals surface area contributed by atoms with Crippen LogP contribution in [-0.2, 0) is 29.7 Å². The molecule has 0 aliphatic carbocycles. The number of anilines is 1. The van der Waals surface area contributed by atoms with Gasteiger partial charge in [0.1, 0.15) is 11.3 Å². The summed E-state index contributed by atoms with van der Waals surface area (Å²) >= 11 is -1.14. The van der Waals surface area contributed by atoms with Crippen molar-refractivity contribution in [2.24, 2.45) is 13.0 Å². The van der Waals surface area contributed by atoms with E-state index in [1.54, 1.807) is 19.4 Å². The van der Waals surface area contributed by atoms with Crippen LogP contribution in [0, 0.1) is 5.92 Å². The lowest BCUT2D eigenvalue weighted by Crippen LogP contribution is -2.40. The highest BCUT2D eigenvalue weighted by Gasteiger charge is 2.33. The third-order valence-electron chi connectivity index (χ3n) is 5.40. The van der Waals surface area contributed by atoms with Crippen LogP contribution in [0.2, 0.25) is 0 Å². The van der Waals surface area contributed by atoms with Crippen LogP contribution in [0.1, 0.15) is 26.3 Å². The first-order valence-corrected chi connectivity index (χ1v) is 11.6. The summed E-state index contributed by atoms with van der Waals surface area (Å²) in [4.78, 5) is 28.1. The van der Waals surface area contributed by atoms with E-state index in [2.05, 4.69) is 15.0 Å². The Labute approximate surface area is 183 Å². The van der Waals surface area contributed by atoms with E-state index >= 15 is 0 Å². The molecule has 31 heavy (non-hydrogen) atoms. The Morgan fingerprint density at radius 2 is 2.06 bits per heavy atom. The van der Waals surface area contributed by atoms with Gasteiger partial charge in [0.15, 0.2) is 11.9 Å². The average Bonchev–Trinajstić information content (AvgIpc) is 3.23. The van der Waals surface area contributed by atoms with Crippen LogP contribution in [0.4, 0.5) is 5.69 Å². The summed E-state index contributed by atoms with van der Waals surface area (Å²) in [7, 11) is 1.70. The molecule has 2 aromatic heterocycles. The number of H-pyrrole nitrogens is 1. The number of aryl methyl sites for hydroxylation is 1. The maximum Gasteiger partial charge on any atom is 0.274 e. The molecule has 0 bridgehead atoms. The number of ether oxygens (including phenoxy) is 1. The van der Waals surface area contributed by atoms with Crippen molar-refractivity contribution in [1.29, 1.82) is 0 Å². The predicted octanol–water partition coefficient (Wildman–Crippen LogP) is 2.66. The molecule has 9 heteroatoms. The monoisotopic (exact) mass is 442 g/mol. The molecule has 3 N–H and O–H groups in total. The first-order valence-electron chi connectivity index (χ1n) is 10.2. The summed E-state index contributed by atoms with van der Waals surface area (Å²) < 4.78 is 22.6. The summed E-state index contributed by atoms with van der Waals surface area (Å²) in [6, 6.07) is 5.65. The van der Waals surface area contributed by atoms with Crippen LogP contribution in [0.25, 0.3) is 22.0 Å². The van der Waals surface area contributed by atoms with Crippen LogP contribution in [0.15, 0.2) is 35.4 Å². The van der Waals surface area contributed by atoms with Crippen LogP contribution in [0.5, 0.6) is 5.75 Å². The molecular formula is C22H26N4O4S. The van der Waals surface area contributed by atoms with Crippen molar-refractivity contribution in [3.05, 3.63) is 46.5 Å². The van der Waals surface area contributed by atoms with Crippen molar-refractivity contribution in [3.63, 3.8) is 0 Å². The Kier molecular flexibility index (Phi) is 5.83. The molecule has 8 nitrogen and oxygen atoms in total. The van der Waals surface area contributed by atoms with Gasteiger partial charge in [-0.15, -0.1) is 4.72 Å². The van der Waals surface area contributed by atoms with Crippen molar-refractivity contribution in [3.8, 4) is 16.9 Å². The normalized spacial score (nSPS) is 16.8.